The van der Waals surface area contributed by atoms with Crippen LogP contribution in [-0.4, -0.2) is 63.8 Å². The van der Waals surface area contributed by atoms with Crippen molar-refractivity contribution in [2.45, 2.75) is 19.5 Å². The van der Waals surface area contributed by atoms with Gasteiger partial charge < -0.3 is 15.1 Å². The molecule has 1 fully saturated rings. The molecule has 0 spiro atoms. The van der Waals surface area contributed by atoms with E-state index < -0.39 is 17.5 Å². The molecular formula is C27H26F3N7O. The third-order valence-electron chi connectivity index (χ3n) is 6.58. The van der Waals surface area contributed by atoms with Gasteiger partial charge in [0, 0.05) is 43.9 Å². The summed E-state index contributed by atoms with van der Waals surface area (Å²) in [7, 11) is 2.08. The van der Waals surface area contributed by atoms with E-state index in [1.807, 2.05) is 13.0 Å². The summed E-state index contributed by atoms with van der Waals surface area (Å²) in [6.45, 7) is 5.39. The second-order valence-corrected chi connectivity index (χ2v) is 9.37. The maximum absolute atomic E-state index is 13.1. The van der Waals surface area contributed by atoms with Crippen molar-refractivity contribution in [3.63, 3.8) is 0 Å². The van der Waals surface area contributed by atoms with Gasteiger partial charge in [0.05, 0.1) is 11.8 Å². The highest BCUT2D eigenvalue weighted by molar-refractivity contribution is 5.98. The van der Waals surface area contributed by atoms with Crippen molar-refractivity contribution in [1.29, 1.82) is 0 Å². The first kappa shape index (κ1) is 25.5. The van der Waals surface area contributed by atoms with Crippen LogP contribution < -0.4 is 10.2 Å². The number of nitrogens with zero attached hydrogens (tertiary/aromatic N) is 6. The van der Waals surface area contributed by atoms with E-state index in [-0.39, 0.29) is 12.0 Å². The number of ketones is 1. The van der Waals surface area contributed by atoms with Gasteiger partial charge in [0.1, 0.15) is 17.4 Å². The molecule has 0 unspecified atom stereocenters. The Morgan fingerprint density at radius 2 is 1.82 bits per heavy atom. The minimum atomic E-state index is -4.51. The standard InChI is InChI=1S/C27H26F3N7O/c1-17-6-7-18(13-23(38)19-4-3-5-20(14-19)27(28,29)30)12-21(17)34-25-24-22(32-16-33-25)15-31-26(35-24)37-10-8-36(2)9-11-37/h3-7,12,14-16H,8-11,13H2,1-2H3,(H,32,33,34). The quantitative estimate of drug-likeness (QED) is 0.367. The summed E-state index contributed by atoms with van der Waals surface area (Å²) in [4.78, 5) is 35.1. The molecule has 0 bridgehead atoms. The summed E-state index contributed by atoms with van der Waals surface area (Å²) < 4.78 is 39.2. The number of benzene rings is 2. The molecule has 1 saturated heterocycles. The van der Waals surface area contributed by atoms with Crippen molar-refractivity contribution in [2.75, 3.05) is 43.4 Å². The van der Waals surface area contributed by atoms with Gasteiger partial charge in [-0.3, -0.25) is 4.79 Å². The number of Topliss-reactive ketones (excluding diaryl/α,β-unsaturated/α-hetero) is 1. The fraction of sp³-hybridized carbons (Fsp3) is 0.296. The van der Waals surface area contributed by atoms with Gasteiger partial charge in [-0.1, -0.05) is 24.3 Å². The maximum atomic E-state index is 13.1. The van der Waals surface area contributed by atoms with Crippen LogP contribution in [0, 0.1) is 6.92 Å². The number of anilines is 3. The van der Waals surface area contributed by atoms with Gasteiger partial charge in [0.25, 0.3) is 0 Å². The van der Waals surface area contributed by atoms with Crippen LogP contribution in [0.15, 0.2) is 55.0 Å². The Morgan fingerprint density at radius 3 is 2.58 bits per heavy atom. The molecule has 0 radical (unpaired) electrons. The molecule has 1 aliphatic heterocycles. The normalized spacial score (nSPS) is 14.6. The molecular weight excluding hydrogens is 495 g/mol. The lowest BCUT2D eigenvalue weighted by atomic mass is 9.99. The second kappa shape index (κ2) is 10.3. The average molecular weight is 522 g/mol. The Balaban J connectivity index is 1.39. The van der Waals surface area contributed by atoms with Gasteiger partial charge in [-0.05, 0) is 43.3 Å². The summed E-state index contributed by atoms with van der Waals surface area (Å²) in [6.07, 6.45) is -1.44. The SMILES string of the molecule is Cc1ccc(CC(=O)c2cccc(C(F)(F)F)c2)cc1Nc1ncnc2cnc(N3CCN(C)CC3)nc12. The van der Waals surface area contributed by atoms with Gasteiger partial charge in [-0.15, -0.1) is 0 Å². The van der Waals surface area contributed by atoms with E-state index in [1.54, 1.807) is 18.3 Å². The zero-order valence-electron chi connectivity index (χ0n) is 21.0. The molecule has 8 nitrogen and oxygen atoms in total. The average Bonchev–Trinajstić information content (AvgIpc) is 2.90. The van der Waals surface area contributed by atoms with Crippen molar-refractivity contribution in [3.05, 3.63) is 77.2 Å². The predicted octanol–water partition coefficient (Wildman–Crippen LogP) is 4.67. The summed E-state index contributed by atoms with van der Waals surface area (Å²) >= 11 is 0. The fourth-order valence-corrected chi connectivity index (χ4v) is 4.29. The number of rotatable bonds is 6. The van der Waals surface area contributed by atoms with Crippen LogP contribution in [0.2, 0.25) is 0 Å². The Hall–Kier alpha value is -4.12. The van der Waals surface area contributed by atoms with Gasteiger partial charge >= 0.3 is 6.18 Å². The Labute approximate surface area is 217 Å². The fourth-order valence-electron chi connectivity index (χ4n) is 4.29. The number of hydrogen-bond acceptors (Lipinski definition) is 8. The van der Waals surface area contributed by atoms with Crippen molar-refractivity contribution in [2.24, 2.45) is 0 Å². The summed E-state index contributed by atoms with van der Waals surface area (Å²) in [5.74, 6) is 0.709. The molecule has 4 aromatic rings. The van der Waals surface area contributed by atoms with Crippen LogP contribution in [0.3, 0.4) is 0 Å². The van der Waals surface area contributed by atoms with Crippen LogP contribution in [0.1, 0.15) is 27.0 Å². The lowest BCUT2D eigenvalue weighted by Crippen LogP contribution is -2.45. The van der Waals surface area contributed by atoms with Gasteiger partial charge in [-0.2, -0.15) is 13.2 Å². The number of aryl methyl sites for hydroxylation is 1. The minimum Gasteiger partial charge on any atom is -0.338 e. The zero-order chi connectivity index (χ0) is 26.9. The third-order valence-corrected chi connectivity index (χ3v) is 6.58. The number of carbonyl (C=O) groups is 1. The molecule has 1 N–H and O–H groups in total. The zero-order valence-corrected chi connectivity index (χ0v) is 21.0. The molecule has 1 aliphatic rings. The number of likely N-dealkylation sites (N-methyl/N-ethyl adjacent to an activating group) is 1. The second-order valence-electron chi connectivity index (χ2n) is 9.37. The Kier molecular flexibility index (Phi) is 6.94. The Morgan fingerprint density at radius 1 is 1.03 bits per heavy atom. The van der Waals surface area contributed by atoms with Crippen LogP contribution >= 0.6 is 0 Å². The van der Waals surface area contributed by atoms with Crippen LogP contribution in [0.5, 0.6) is 0 Å². The van der Waals surface area contributed by atoms with E-state index >= 15 is 0 Å². The summed E-state index contributed by atoms with van der Waals surface area (Å²) in [5, 5.41) is 3.31. The topological polar surface area (TPSA) is 87.1 Å². The predicted molar refractivity (Wildman–Crippen MR) is 139 cm³/mol. The van der Waals surface area contributed by atoms with Gasteiger partial charge in [0.2, 0.25) is 5.95 Å². The Bertz CT molecular complexity index is 1480. The van der Waals surface area contributed by atoms with Crippen molar-refractivity contribution in [1.82, 2.24) is 24.8 Å². The van der Waals surface area contributed by atoms with Crippen LogP contribution in [0.25, 0.3) is 11.0 Å². The van der Waals surface area contributed by atoms with Gasteiger partial charge in [0.15, 0.2) is 11.6 Å². The van der Waals surface area contributed by atoms with Gasteiger partial charge in [-0.25, -0.2) is 19.9 Å². The number of fused-ring (bicyclic) bond motifs is 1. The first-order chi connectivity index (χ1) is 18.2. The highest BCUT2D eigenvalue weighted by Crippen LogP contribution is 2.30. The summed E-state index contributed by atoms with van der Waals surface area (Å²) in [6, 6.07) is 9.93. The smallest absolute Gasteiger partial charge is 0.338 e. The highest BCUT2D eigenvalue weighted by atomic mass is 19.4. The molecule has 0 amide bonds. The van der Waals surface area contributed by atoms with E-state index in [0.29, 0.717) is 34.1 Å². The molecule has 11 heteroatoms. The minimum absolute atomic E-state index is 0.0184. The number of hydrogen-bond donors (Lipinski definition) is 1. The lowest BCUT2D eigenvalue weighted by Gasteiger charge is -2.32. The first-order valence-corrected chi connectivity index (χ1v) is 12.2. The molecule has 38 heavy (non-hydrogen) atoms. The van der Waals surface area contributed by atoms with E-state index in [9.17, 15) is 18.0 Å². The number of halogens is 3. The monoisotopic (exact) mass is 521 g/mol. The number of carbonyl (C=O) groups excluding carboxylic acids is 1. The van der Waals surface area contributed by atoms with Crippen molar-refractivity contribution >= 4 is 34.3 Å². The molecule has 0 aliphatic carbocycles. The molecule has 3 heterocycles. The van der Waals surface area contributed by atoms with Crippen molar-refractivity contribution in [3.8, 4) is 0 Å². The lowest BCUT2D eigenvalue weighted by molar-refractivity contribution is -0.137. The molecule has 196 valence electrons. The molecule has 2 aromatic heterocycles. The van der Waals surface area contributed by atoms with E-state index in [4.69, 9.17) is 4.98 Å². The van der Waals surface area contributed by atoms with Crippen LogP contribution in [0.4, 0.5) is 30.6 Å². The number of aromatic nitrogens is 4. The molecule has 2 aromatic carbocycles. The first-order valence-electron chi connectivity index (χ1n) is 12.2. The van der Waals surface area contributed by atoms with E-state index in [1.165, 1.54) is 18.5 Å². The molecule has 0 saturated carbocycles. The number of piperazine rings is 1. The van der Waals surface area contributed by atoms with Crippen molar-refractivity contribution < 1.29 is 18.0 Å². The van der Waals surface area contributed by atoms with E-state index in [2.05, 4.69) is 37.1 Å². The third kappa shape index (κ3) is 5.57. The molecule has 0 atom stereocenters. The maximum Gasteiger partial charge on any atom is 0.416 e. The summed E-state index contributed by atoms with van der Waals surface area (Å²) in [5.41, 5.74) is 2.61. The van der Waals surface area contributed by atoms with Crippen LogP contribution in [-0.2, 0) is 12.6 Å². The number of alkyl halides is 3. The largest absolute Gasteiger partial charge is 0.416 e. The molecule has 5 rings (SSSR count). The highest BCUT2D eigenvalue weighted by Gasteiger charge is 2.31. The van der Waals surface area contributed by atoms with E-state index in [0.717, 1.165) is 43.9 Å². The number of nitrogens with one attached hydrogen (secondary N) is 1.